The molecule has 0 spiro atoms. The summed E-state index contributed by atoms with van der Waals surface area (Å²) in [5, 5.41) is 8.66. The van der Waals surface area contributed by atoms with Gasteiger partial charge in [0.15, 0.2) is 5.11 Å². The summed E-state index contributed by atoms with van der Waals surface area (Å²) in [4.78, 5) is 24.1. The minimum absolute atomic E-state index is 0.0369. The molecular formula is C20H24N4O2S. The number of amides is 2. The first kappa shape index (κ1) is 20.5. The third kappa shape index (κ3) is 6.80. The highest BCUT2D eigenvalue weighted by atomic mass is 32.1. The molecule has 6 nitrogen and oxygen atoms in total. The number of benzene rings is 2. The molecule has 27 heavy (non-hydrogen) atoms. The monoisotopic (exact) mass is 384 g/mol. The van der Waals surface area contributed by atoms with Crippen molar-refractivity contribution in [2.75, 3.05) is 17.2 Å². The first-order valence-corrected chi connectivity index (χ1v) is 9.18. The molecule has 0 saturated heterocycles. The summed E-state index contributed by atoms with van der Waals surface area (Å²) in [5.74, 6) is -0.294. The van der Waals surface area contributed by atoms with E-state index in [-0.39, 0.29) is 16.9 Å². The molecule has 2 aromatic rings. The normalized spacial score (nSPS) is 10.1. The molecular weight excluding hydrogens is 360 g/mol. The van der Waals surface area contributed by atoms with Crippen molar-refractivity contribution in [1.29, 1.82) is 0 Å². The van der Waals surface area contributed by atoms with Crippen molar-refractivity contribution in [3.8, 4) is 0 Å². The lowest BCUT2D eigenvalue weighted by Gasteiger charge is -2.11. The number of rotatable bonds is 7. The lowest BCUT2D eigenvalue weighted by Crippen LogP contribution is -2.34. The van der Waals surface area contributed by atoms with Crippen molar-refractivity contribution in [3.63, 3.8) is 0 Å². The van der Waals surface area contributed by atoms with E-state index >= 15 is 0 Å². The highest BCUT2D eigenvalue weighted by molar-refractivity contribution is 7.80. The SMILES string of the molecule is Cc1ccccc1C(=O)NC(=S)Nc1ccc(NC(=O)CCCCN)cc1. The highest BCUT2D eigenvalue weighted by Gasteiger charge is 2.10. The summed E-state index contributed by atoms with van der Waals surface area (Å²) in [5.41, 5.74) is 8.29. The van der Waals surface area contributed by atoms with Gasteiger partial charge in [0, 0.05) is 23.4 Å². The van der Waals surface area contributed by atoms with Gasteiger partial charge in [-0.15, -0.1) is 0 Å². The number of unbranched alkanes of at least 4 members (excludes halogenated alkanes) is 1. The van der Waals surface area contributed by atoms with Gasteiger partial charge in [0.2, 0.25) is 5.91 Å². The lowest BCUT2D eigenvalue weighted by atomic mass is 10.1. The standard InChI is InChI=1S/C20H24N4O2S/c1-14-6-2-3-7-17(14)19(26)24-20(27)23-16-11-9-15(10-12-16)22-18(25)8-4-5-13-21/h2-3,6-7,9-12H,4-5,8,13,21H2,1H3,(H,22,25)(H2,23,24,26,27). The van der Waals surface area contributed by atoms with Crippen LogP contribution in [0, 0.1) is 6.92 Å². The highest BCUT2D eigenvalue weighted by Crippen LogP contribution is 2.14. The van der Waals surface area contributed by atoms with Gasteiger partial charge in [-0.25, -0.2) is 0 Å². The summed E-state index contributed by atoms with van der Waals surface area (Å²) < 4.78 is 0. The van der Waals surface area contributed by atoms with Crippen molar-refractivity contribution in [2.45, 2.75) is 26.2 Å². The Bertz CT molecular complexity index is 806. The molecule has 0 aliphatic carbocycles. The van der Waals surface area contributed by atoms with Crippen molar-refractivity contribution < 1.29 is 9.59 Å². The Balaban J connectivity index is 1.85. The van der Waals surface area contributed by atoms with Crippen LogP contribution in [0.5, 0.6) is 0 Å². The maximum atomic E-state index is 12.3. The van der Waals surface area contributed by atoms with E-state index < -0.39 is 0 Å². The Hall–Kier alpha value is -2.77. The quantitative estimate of drug-likeness (QED) is 0.434. The van der Waals surface area contributed by atoms with Crippen molar-refractivity contribution >= 4 is 40.5 Å². The topological polar surface area (TPSA) is 96.2 Å². The Morgan fingerprint density at radius 1 is 0.963 bits per heavy atom. The summed E-state index contributed by atoms with van der Waals surface area (Å²) >= 11 is 5.19. The fourth-order valence-electron chi connectivity index (χ4n) is 2.45. The summed E-state index contributed by atoms with van der Waals surface area (Å²) in [6.07, 6.45) is 2.06. The largest absolute Gasteiger partial charge is 0.332 e. The summed E-state index contributed by atoms with van der Waals surface area (Å²) in [6, 6.07) is 14.4. The second-order valence-corrected chi connectivity index (χ2v) is 6.50. The number of hydrogen-bond donors (Lipinski definition) is 4. The molecule has 0 fully saturated rings. The molecule has 0 bridgehead atoms. The van der Waals surface area contributed by atoms with Gasteiger partial charge in [0.25, 0.3) is 5.91 Å². The zero-order chi connectivity index (χ0) is 19.6. The van der Waals surface area contributed by atoms with Crippen molar-refractivity contribution in [3.05, 3.63) is 59.7 Å². The van der Waals surface area contributed by atoms with Crippen LogP contribution in [0.2, 0.25) is 0 Å². The maximum absolute atomic E-state index is 12.3. The first-order valence-electron chi connectivity index (χ1n) is 8.77. The zero-order valence-electron chi connectivity index (χ0n) is 15.2. The van der Waals surface area contributed by atoms with Gasteiger partial charge in [-0.1, -0.05) is 18.2 Å². The van der Waals surface area contributed by atoms with E-state index in [2.05, 4.69) is 16.0 Å². The molecule has 0 heterocycles. The van der Waals surface area contributed by atoms with Crippen LogP contribution in [-0.2, 0) is 4.79 Å². The van der Waals surface area contributed by atoms with E-state index in [1.165, 1.54) is 0 Å². The van der Waals surface area contributed by atoms with Gasteiger partial charge < -0.3 is 16.4 Å². The van der Waals surface area contributed by atoms with E-state index in [4.69, 9.17) is 18.0 Å². The molecule has 0 aliphatic rings. The number of carbonyl (C=O) groups is 2. The predicted molar refractivity (Wildman–Crippen MR) is 113 cm³/mol. The average molecular weight is 385 g/mol. The lowest BCUT2D eigenvalue weighted by molar-refractivity contribution is -0.116. The number of carbonyl (C=O) groups excluding carboxylic acids is 2. The van der Waals surface area contributed by atoms with Gasteiger partial charge in [-0.2, -0.15) is 0 Å². The molecule has 2 amide bonds. The molecule has 0 saturated carbocycles. The van der Waals surface area contributed by atoms with E-state index in [1.807, 2.05) is 19.1 Å². The van der Waals surface area contributed by atoms with Gasteiger partial charge in [0.05, 0.1) is 0 Å². The molecule has 0 aliphatic heterocycles. The second-order valence-electron chi connectivity index (χ2n) is 6.09. The Morgan fingerprint density at radius 3 is 2.22 bits per heavy atom. The van der Waals surface area contributed by atoms with Crippen LogP contribution < -0.4 is 21.7 Å². The molecule has 2 aromatic carbocycles. The molecule has 2 rings (SSSR count). The Kier molecular flexibility index (Phi) is 7.91. The predicted octanol–water partition coefficient (Wildman–Crippen LogP) is 3.19. The van der Waals surface area contributed by atoms with Crippen molar-refractivity contribution in [2.24, 2.45) is 5.73 Å². The van der Waals surface area contributed by atoms with Gasteiger partial charge in [-0.05, 0) is 74.4 Å². The maximum Gasteiger partial charge on any atom is 0.257 e. The minimum atomic E-state index is -0.257. The zero-order valence-corrected chi connectivity index (χ0v) is 16.1. The Labute approximate surface area is 164 Å². The van der Waals surface area contributed by atoms with Crippen LogP contribution in [-0.4, -0.2) is 23.5 Å². The van der Waals surface area contributed by atoms with E-state index in [9.17, 15) is 9.59 Å². The van der Waals surface area contributed by atoms with Gasteiger partial charge in [-0.3, -0.25) is 14.9 Å². The van der Waals surface area contributed by atoms with Crippen LogP contribution in [0.4, 0.5) is 11.4 Å². The molecule has 142 valence electrons. The molecule has 0 unspecified atom stereocenters. The third-order valence-corrected chi connectivity index (χ3v) is 4.11. The van der Waals surface area contributed by atoms with Crippen LogP contribution in [0.25, 0.3) is 0 Å². The Morgan fingerprint density at radius 2 is 1.59 bits per heavy atom. The van der Waals surface area contributed by atoms with Crippen LogP contribution in [0.15, 0.2) is 48.5 Å². The molecule has 5 N–H and O–H groups in total. The molecule has 0 radical (unpaired) electrons. The fourth-order valence-corrected chi connectivity index (χ4v) is 2.66. The molecule has 0 atom stereocenters. The van der Waals surface area contributed by atoms with Gasteiger partial charge in [0.1, 0.15) is 0 Å². The number of aryl methyl sites for hydroxylation is 1. The van der Waals surface area contributed by atoms with E-state index in [1.54, 1.807) is 36.4 Å². The summed E-state index contributed by atoms with van der Waals surface area (Å²) in [6.45, 7) is 2.46. The molecule has 0 aromatic heterocycles. The smallest absolute Gasteiger partial charge is 0.257 e. The van der Waals surface area contributed by atoms with Crippen molar-refractivity contribution in [1.82, 2.24) is 5.32 Å². The first-order chi connectivity index (χ1) is 13.0. The summed E-state index contributed by atoms with van der Waals surface area (Å²) in [7, 11) is 0. The average Bonchev–Trinajstić information content (AvgIpc) is 2.64. The van der Waals surface area contributed by atoms with Crippen LogP contribution in [0.1, 0.15) is 35.2 Å². The van der Waals surface area contributed by atoms with Gasteiger partial charge >= 0.3 is 0 Å². The van der Waals surface area contributed by atoms with Crippen LogP contribution in [0.3, 0.4) is 0 Å². The number of nitrogens with one attached hydrogen (secondary N) is 3. The minimum Gasteiger partial charge on any atom is -0.332 e. The third-order valence-electron chi connectivity index (χ3n) is 3.90. The number of thiocarbonyl (C=S) groups is 1. The molecule has 7 heteroatoms. The van der Waals surface area contributed by atoms with E-state index in [0.717, 1.165) is 18.4 Å². The fraction of sp³-hybridized carbons (Fsp3) is 0.250. The number of nitrogens with two attached hydrogens (primary N) is 1. The van der Waals surface area contributed by atoms with E-state index in [0.29, 0.717) is 29.9 Å². The second kappa shape index (κ2) is 10.4. The van der Waals surface area contributed by atoms with Crippen LogP contribution >= 0.6 is 12.2 Å². The number of anilines is 2. The number of hydrogen-bond acceptors (Lipinski definition) is 4.